The molecular formula is C13H13F3N2O2. The maximum absolute atomic E-state index is 12.7. The van der Waals surface area contributed by atoms with E-state index >= 15 is 0 Å². The van der Waals surface area contributed by atoms with Crippen molar-refractivity contribution in [2.24, 2.45) is 0 Å². The number of rotatable bonds is 3. The van der Waals surface area contributed by atoms with Crippen molar-refractivity contribution in [1.29, 1.82) is 0 Å². The largest absolute Gasteiger partial charge is 0.473 e. The first-order chi connectivity index (χ1) is 9.39. The van der Waals surface area contributed by atoms with E-state index in [1.165, 1.54) is 0 Å². The summed E-state index contributed by atoms with van der Waals surface area (Å²) in [6.45, 7) is -0.140. The SMILES string of the molecule is O=C1CCCN1N(Cc1ccccc1)C(=O)C(F)(F)F. The van der Waals surface area contributed by atoms with Gasteiger partial charge in [-0.25, -0.2) is 5.01 Å². The molecule has 1 aromatic rings. The summed E-state index contributed by atoms with van der Waals surface area (Å²) in [6, 6.07) is 8.27. The van der Waals surface area contributed by atoms with Gasteiger partial charge in [-0.05, 0) is 12.0 Å². The van der Waals surface area contributed by atoms with E-state index in [4.69, 9.17) is 0 Å². The Balaban J connectivity index is 2.24. The molecule has 4 nitrogen and oxygen atoms in total. The molecule has 0 saturated carbocycles. The average molecular weight is 286 g/mol. The zero-order valence-corrected chi connectivity index (χ0v) is 10.6. The molecule has 0 N–H and O–H groups in total. The van der Waals surface area contributed by atoms with Crippen molar-refractivity contribution >= 4 is 11.8 Å². The van der Waals surface area contributed by atoms with Gasteiger partial charge in [-0.2, -0.15) is 13.2 Å². The zero-order chi connectivity index (χ0) is 14.8. The molecule has 20 heavy (non-hydrogen) atoms. The maximum Gasteiger partial charge on any atom is 0.473 e. The standard InChI is InChI=1S/C13H13F3N2O2/c14-13(15,16)12(20)18(17-8-4-7-11(17)19)9-10-5-2-1-3-6-10/h1-3,5-6H,4,7-9H2. The van der Waals surface area contributed by atoms with Crippen LogP contribution in [0.25, 0.3) is 0 Å². The fraction of sp³-hybridized carbons (Fsp3) is 0.385. The van der Waals surface area contributed by atoms with Gasteiger partial charge in [-0.3, -0.25) is 14.6 Å². The van der Waals surface area contributed by atoms with Crippen molar-refractivity contribution in [2.75, 3.05) is 6.54 Å². The Morgan fingerprint density at radius 1 is 1.25 bits per heavy atom. The van der Waals surface area contributed by atoms with Gasteiger partial charge in [0.25, 0.3) is 0 Å². The number of carbonyl (C=O) groups is 2. The highest BCUT2D eigenvalue weighted by atomic mass is 19.4. The number of halogens is 3. The quantitative estimate of drug-likeness (QED) is 0.854. The molecule has 108 valence electrons. The Bertz CT molecular complexity index is 502. The van der Waals surface area contributed by atoms with Crippen LogP contribution in [0.3, 0.4) is 0 Å². The van der Waals surface area contributed by atoms with Crippen molar-refractivity contribution in [2.45, 2.75) is 25.6 Å². The Morgan fingerprint density at radius 2 is 1.90 bits per heavy atom. The summed E-state index contributed by atoms with van der Waals surface area (Å²) >= 11 is 0. The second kappa shape index (κ2) is 5.52. The van der Waals surface area contributed by atoms with Gasteiger partial charge < -0.3 is 0 Å². The first-order valence-corrected chi connectivity index (χ1v) is 6.12. The molecule has 1 aliphatic heterocycles. The minimum absolute atomic E-state index is 0.132. The molecule has 1 aromatic carbocycles. The van der Waals surface area contributed by atoms with E-state index in [1.54, 1.807) is 30.3 Å². The normalized spacial score (nSPS) is 15.6. The smallest absolute Gasteiger partial charge is 0.273 e. The van der Waals surface area contributed by atoms with E-state index in [0.29, 0.717) is 17.0 Å². The average Bonchev–Trinajstić information content (AvgIpc) is 2.81. The summed E-state index contributed by atoms with van der Waals surface area (Å²) in [5, 5.41) is 1.38. The van der Waals surface area contributed by atoms with E-state index in [1.807, 2.05) is 0 Å². The molecule has 0 atom stereocenters. The predicted molar refractivity (Wildman–Crippen MR) is 64.0 cm³/mol. The van der Waals surface area contributed by atoms with E-state index in [2.05, 4.69) is 0 Å². The molecule has 2 amide bonds. The molecule has 0 aromatic heterocycles. The van der Waals surface area contributed by atoms with Crippen LogP contribution in [0.4, 0.5) is 13.2 Å². The molecule has 1 aliphatic rings. The first kappa shape index (κ1) is 14.4. The molecule has 0 radical (unpaired) electrons. The van der Waals surface area contributed by atoms with E-state index in [-0.39, 0.29) is 19.5 Å². The highest BCUT2D eigenvalue weighted by Gasteiger charge is 2.46. The Morgan fingerprint density at radius 3 is 2.40 bits per heavy atom. The molecule has 1 saturated heterocycles. The Labute approximate surface area is 113 Å². The molecule has 0 aliphatic carbocycles. The third-order valence-electron chi connectivity index (χ3n) is 2.99. The molecule has 7 heteroatoms. The molecular weight excluding hydrogens is 273 g/mol. The lowest BCUT2D eigenvalue weighted by Crippen LogP contribution is -2.51. The number of carbonyl (C=O) groups excluding carboxylic acids is 2. The number of hydrogen-bond donors (Lipinski definition) is 0. The van der Waals surface area contributed by atoms with Crippen LogP contribution in [-0.4, -0.2) is 34.6 Å². The summed E-state index contributed by atoms with van der Waals surface area (Å²) < 4.78 is 38.0. The fourth-order valence-corrected chi connectivity index (χ4v) is 2.06. The van der Waals surface area contributed by atoms with Gasteiger partial charge in [0, 0.05) is 13.0 Å². The minimum atomic E-state index is -5.00. The van der Waals surface area contributed by atoms with Crippen molar-refractivity contribution in [3.05, 3.63) is 35.9 Å². The van der Waals surface area contributed by atoms with Gasteiger partial charge in [0.2, 0.25) is 5.91 Å². The molecule has 0 spiro atoms. The third-order valence-corrected chi connectivity index (χ3v) is 2.99. The lowest BCUT2D eigenvalue weighted by Gasteiger charge is -2.32. The van der Waals surface area contributed by atoms with E-state index in [9.17, 15) is 22.8 Å². The second-order valence-electron chi connectivity index (χ2n) is 4.47. The lowest BCUT2D eigenvalue weighted by atomic mass is 10.2. The van der Waals surface area contributed by atoms with Crippen LogP contribution in [0, 0.1) is 0 Å². The summed E-state index contributed by atoms with van der Waals surface area (Å²) in [7, 11) is 0. The summed E-state index contributed by atoms with van der Waals surface area (Å²) in [5.41, 5.74) is 0.532. The Kier molecular flexibility index (Phi) is 3.96. The van der Waals surface area contributed by atoms with Crippen LogP contribution < -0.4 is 0 Å². The van der Waals surface area contributed by atoms with Crippen LogP contribution in [0.5, 0.6) is 0 Å². The highest BCUT2D eigenvalue weighted by molar-refractivity contribution is 5.86. The fourth-order valence-electron chi connectivity index (χ4n) is 2.06. The first-order valence-electron chi connectivity index (χ1n) is 6.12. The van der Waals surface area contributed by atoms with E-state index < -0.39 is 18.0 Å². The van der Waals surface area contributed by atoms with E-state index in [0.717, 1.165) is 5.01 Å². The van der Waals surface area contributed by atoms with Gasteiger partial charge >= 0.3 is 12.1 Å². The van der Waals surface area contributed by atoms with Crippen molar-refractivity contribution in [3.63, 3.8) is 0 Å². The number of hydrogen-bond acceptors (Lipinski definition) is 2. The zero-order valence-electron chi connectivity index (χ0n) is 10.6. The minimum Gasteiger partial charge on any atom is -0.273 e. The lowest BCUT2D eigenvalue weighted by molar-refractivity contribution is -0.203. The molecule has 0 unspecified atom stereocenters. The topological polar surface area (TPSA) is 40.6 Å². The molecule has 1 heterocycles. The predicted octanol–water partition coefficient (Wildman–Crippen LogP) is 2.11. The van der Waals surface area contributed by atoms with Gasteiger partial charge in [0.15, 0.2) is 0 Å². The molecule has 0 bridgehead atoms. The Hall–Kier alpha value is -2.05. The number of nitrogens with zero attached hydrogens (tertiary/aromatic N) is 2. The maximum atomic E-state index is 12.7. The molecule has 1 fully saturated rings. The summed E-state index contributed by atoms with van der Waals surface area (Å²) in [5.74, 6) is -2.48. The third kappa shape index (κ3) is 3.09. The van der Waals surface area contributed by atoms with Crippen molar-refractivity contribution in [3.8, 4) is 0 Å². The number of hydrazine groups is 1. The number of benzene rings is 1. The van der Waals surface area contributed by atoms with Crippen molar-refractivity contribution < 1.29 is 22.8 Å². The summed E-state index contributed by atoms with van der Waals surface area (Å²) in [6.07, 6.45) is -4.39. The number of amides is 2. The van der Waals surface area contributed by atoms with Gasteiger partial charge in [-0.1, -0.05) is 30.3 Å². The van der Waals surface area contributed by atoms with Crippen molar-refractivity contribution in [1.82, 2.24) is 10.0 Å². The summed E-state index contributed by atoms with van der Waals surface area (Å²) in [4.78, 5) is 23.1. The van der Waals surface area contributed by atoms with Crippen LogP contribution >= 0.6 is 0 Å². The van der Waals surface area contributed by atoms with Gasteiger partial charge in [0.05, 0.1) is 6.54 Å². The highest BCUT2D eigenvalue weighted by Crippen LogP contribution is 2.24. The second-order valence-corrected chi connectivity index (χ2v) is 4.47. The van der Waals surface area contributed by atoms with Crippen LogP contribution in [0.15, 0.2) is 30.3 Å². The molecule has 2 rings (SSSR count). The monoisotopic (exact) mass is 286 g/mol. The van der Waals surface area contributed by atoms with Crippen LogP contribution in [0.2, 0.25) is 0 Å². The van der Waals surface area contributed by atoms with Gasteiger partial charge in [0.1, 0.15) is 0 Å². The van der Waals surface area contributed by atoms with Crippen LogP contribution in [0.1, 0.15) is 18.4 Å². The van der Waals surface area contributed by atoms with Crippen LogP contribution in [-0.2, 0) is 16.1 Å². The van der Waals surface area contributed by atoms with Gasteiger partial charge in [-0.15, -0.1) is 0 Å². The number of alkyl halides is 3.